The molecule has 0 fully saturated rings. The summed E-state index contributed by atoms with van der Waals surface area (Å²) in [4.78, 5) is 0. The van der Waals surface area contributed by atoms with E-state index in [-0.39, 0.29) is 0 Å². The number of benzene rings is 2. The van der Waals surface area contributed by atoms with E-state index in [2.05, 4.69) is 6.07 Å². The summed E-state index contributed by atoms with van der Waals surface area (Å²) in [5.74, 6) is 0.811. The van der Waals surface area contributed by atoms with Crippen molar-refractivity contribution in [3.63, 3.8) is 0 Å². The highest BCUT2D eigenvalue weighted by Crippen LogP contribution is 2.39. The normalized spacial score (nSPS) is 20.8. The second-order valence-electron chi connectivity index (χ2n) is 4.78. The van der Waals surface area contributed by atoms with Crippen molar-refractivity contribution >= 4 is 0 Å². The monoisotopic (exact) mass is 265 g/mol. The van der Waals surface area contributed by atoms with Gasteiger partial charge in [-0.15, -0.1) is 0 Å². The lowest BCUT2D eigenvalue weighted by Gasteiger charge is -2.34. The van der Waals surface area contributed by atoms with Gasteiger partial charge >= 0.3 is 0 Å². The molecule has 3 nitrogen and oxygen atoms in total. The molecule has 0 bridgehead atoms. The molecule has 0 saturated carbocycles. The second-order valence-corrected chi connectivity index (χ2v) is 4.78. The fourth-order valence-corrected chi connectivity index (χ4v) is 2.71. The average molecular weight is 265 g/mol. The van der Waals surface area contributed by atoms with Crippen LogP contribution in [0, 0.1) is 11.3 Å². The van der Waals surface area contributed by atoms with Crippen molar-refractivity contribution < 1.29 is 9.47 Å². The zero-order valence-electron chi connectivity index (χ0n) is 11.3. The van der Waals surface area contributed by atoms with Gasteiger partial charge in [-0.3, -0.25) is 0 Å². The summed E-state index contributed by atoms with van der Waals surface area (Å²) in [7, 11) is 1.65. The Labute approximate surface area is 118 Å². The van der Waals surface area contributed by atoms with E-state index in [1.165, 1.54) is 0 Å². The zero-order valence-corrected chi connectivity index (χ0v) is 11.3. The molecular formula is C17H15NO2. The Morgan fingerprint density at radius 1 is 1.20 bits per heavy atom. The highest BCUT2D eigenvalue weighted by Gasteiger charge is 2.40. The summed E-state index contributed by atoms with van der Waals surface area (Å²) in [6, 6.07) is 17.8. The summed E-state index contributed by atoms with van der Waals surface area (Å²) < 4.78 is 11.2. The summed E-state index contributed by atoms with van der Waals surface area (Å²) >= 11 is 0. The first kappa shape index (κ1) is 12.7. The van der Waals surface area contributed by atoms with E-state index in [9.17, 15) is 5.26 Å². The summed E-state index contributed by atoms with van der Waals surface area (Å²) in [5, 5.41) is 9.76. The molecule has 0 radical (unpaired) electrons. The Balaban J connectivity index is 2.19. The zero-order chi connectivity index (χ0) is 14.0. The molecule has 3 heteroatoms. The van der Waals surface area contributed by atoms with Crippen LogP contribution in [0.2, 0.25) is 0 Å². The maximum Gasteiger partial charge on any atom is 0.205 e. The first-order valence-electron chi connectivity index (χ1n) is 6.58. The van der Waals surface area contributed by atoms with Crippen molar-refractivity contribution in [3.8, 4) is 11.8 Å². The molecule has 2 aromatic rings. The quantitative estimate of drug-likeness (QED) is 0.838. The largest absolute Gasteiger partial charge is 0.497 e. The van der Waals surface area contributed by atoms with Gasteiger partial charge in [-0.05, 0) is 24.1 Å². The minimum atomic E-state index is -1.01. The first-order valence-corrected chi connectivity index (χ1v) is 6.58. The molecule has 1 unspecified atom stereocenters. The van der Waals surface area contributed by atoms with Crippen LogP contribution in [0.3, 0.4) is 0 Å². The third-order valence-corrected chi connectivity index (χ3v) is 3.72. The predicted octanol–water partition coefficient (Wildman–Crippen LogP) is 3.04. The summed E-state index contributed by atoms with van der Waals surface area (Å²) in [6.45, 7) is 0.530. The van der Waals surface area contributed by atoms with Gasteiger partial charge in [-0.1, -0.05) is 36.4 Å². The van der Waals surface area contributed by atoms with E-state index in [1.54, 1.807) is 7.11 Å². The average Bonchev–Trinajstić information content (AvgIpc) is 2.54. The van der Waals surface area contributed by atoms with Crippen LogP contribution < -0.4 is 4.74 Å². The highest BCUT2D eigenvalue weighted by atomic mass is 16.5. The number of ether oxygens (including phenoxy) is 2. The minimum Gasteiger partial charge on any atom is -0.497 e. The molecule has 20 heavy (non-hydrogen) atoms. The van der Waals surface area contributed by atoms with Gasteiger partial charge < -0.3 is 9.47 Å². The number of hydrogen-bond acceptors (Lipinski definition) is 3. The van der Waals surface area contributed by atoms with Crippen molar-refractivity contribution in [3.05, 3.63) is 65.2 Å². The van der Waals surface area contributed by atoms with Crippen LogP contribution in [0.15, 0.2) is 48.5 Å². The van der Waals surface area contributed by atoms with E-state index in [0.717, 1.165) is 28.9 Å². The fourth-order valence-electron chi connectivity index (χ4n) is 2.71. The molecule has 0 N–H and O–H groups in total. The summed E-state index contributed by atoms with van der Waals surface area (Å²) in [5.41, 5.74) is 1.88. The number of nitrogens with zero attached hydrogens (tertiary/aromatic N) is 1. The van der Waals surface area contributed by atoms with E-state index in [4.69, 9.17) is 9.47 Å². The van der Waals surface area contributed by atoms with Crippen LogP contribution >= 0.6 is 0 Å². The molecule has 2 aromatic carbocycles. The Morgan fingerprint density at radius 3 is 2.70 bits per heavy atom. The van der Waals surface area contributed by atoms with E-state index in [0.29, 0.717) is 6.61 Å². The van der Waals surface area contributed by atoms with E-state index < -0.39 is 5.60 Å². The van der Waals surface area contributed by atoms with Crippen LogP contribution in [0.5, 0.6) is 5.75 Å². The molecule has 0 spiro atoms. The summed E-state index contributed by atoms with van der Waals surface area (Å²) in [6.07, 6.45) is 0.794. The lowest BCUT2D eigenvalue weighted by molar-refractivity contribution is 0.0144. The molecule has 1 aliphatic rings. The highest BCUT2D eigenvalue weighted by molar-refractivity contribution is 5.50. The Morgan fingerprint density at radius 2 is 2.00 bits per heavy atom. The molecule has 0 amide bonds. The van der Waals surface area contributed by atoms with Crippen molar-refractivity contribution in [2.75, 3.05) is 13.7 Å². The third kappa shape index (κ3) is 1.86. The molecule has 1 atom stereocenters. The lowest BCUT2D eigenvalue weighted by atomic mass is 9.82. The molecule has 0 saturated heterocycles. The van der Waals surface area contributed by atoms with Crippen molar-refractivity contribution in [1.29, 1.82) is 5.26 Å². The van der Waals surface area contributed by atoms with Crippen molar-refractivity contribution in [2.45, 2.75) is 12.0 Å². The van der Waals surface area contributed by atoms with Gasteiger partial charge in [0.2, 0.25) is 5.60 Å². The number of rotatable bonds is 2. The van der Waals surface area contributed by atoms with Gasteiger partial charge in [-0.25, -0.2) is 0 Å². The number of fused-ring (bicyclic) bond motifs is 1. The van der Waals surface area contributed by atoms with Gasteiger partial charge in [0.25, 0.3) is 0 Å². The standard InChI is InChI=1S/C17H15NO2/c1-19-15-7-8-16-13(11-15)9-10-20-17(16,12-18)14-5-3-2-4-6-14/h2-8,11H,9-10H2,1H3. The van der Waals surface area contributed by atoms with Gasteiger partial charge in [0.15, 0.2) is 0 Å². The predicted molar refractivity (Wildman–Crippen MR) is 75.5 cm³/mol. The first-order chi connectivity index (χ1) is 9.80. The van der Waals surface area contributed by atoms with Gasteiger partial charge in [0, 0.05) is 11.1 Å². The lowest BCUT2D eigenvalue weighted by Crippen LogP contribution is -2.35. The van der Waals surface area contributed by atoms with Gasteiger partial charge in [-0.2, -0.15) is 5.26 Å². The minimum absolute atomic E-state index is 0.530. The van der Waals surface area contributed by atoms with Crippen molar-refractivity contribution in [1.82, 2.24) is 0 Å². The van der Waals surface area contributed by atoms with Crippen molar-refractivity contribution in [2.24, 2.45) is 0 Å². The number of nitriles is 1. The Kier molecular flexibility index (Phi) is 3.17. The SMILES string of the molecule is COc1ccc2c(c1)CCOC2(C#N)c1ccccc1. The smallest absolute Gasteiger partial charge is 0.205 e. The third-order valence-electron chi connectivity index (χ3n) is 3.72. The topological polar surface area (TPSA) is 42.2 Å². The molecule has 100 valence electrons. The van der Waals surface area contributed by atoms with Crippen LogP contribution in [0.4, 0.5) is 0 Å². The van der Waals surface area contributed by atoms with Crippen LogP contribution in [-0.4, -0.2) is 13.7 Å². The fraction of sp³-hybridized carbons (Fsp3) is 0.235. The maximum atomic E-state index is 9.76. The van der Waals surface area contributed by atoms with E-state index >= 15 is 0 Å². The van der Waals surface area contributed by atoms with Gasteiger partial charge in [0.05, 0.1) is 13.7 Å². The molecule has 1 heterocycles. The molecule has 3 rings (SSSR count). The van der Waals surface area contributed by atoms with Crippen LogP contribution in [-0.2, 0) is 16.8 Å². The molecule has 0 aliphatic carbocycles. The molecule has 1 aliphatic heterocycles. The number of hydrogen-bond donors (Lipinski definition) is 0. The van der Waals surface area contributed by atoms with Crippen LogP contribution in [0.1, 0.15) is 16.7 Å². The van der Waals surface area contributed by atoms with E-state index in [1.807, 2.05) is 48.5 Å². The Bertz CT molecular complexity index is 660. The van der Waals surface area contributed by atoms with Crippen LogP contribution in [0.25, 0.3) is 0 Å². The van der Waals surface area contributed by atoms with Gasteiger partial charge in [0.1, 0.15) is 11.8 Å². The molecule has 0 aromatic heterocycles. The maximum absolute atomic E-state index is 9.76. The number of methoxy groups -OCH3 is 1. The second kappa shape index (κ2) is 4.99. The molecular weight excluding hydrogens is 250 g/mol. The Hall–Kier alpha value is -2.31.